The molecule has 0 heterocycles. The first-order valence-electron chi connectivity index (χ1n) is 6.78. The van der Waals surface area contributed by atoms with Crippen LogP contribution in [0, 0.1) is 34.4 Å². The van der Waals surface area contributed by atoms with Gasteiger partial charge in [0.05, 0.1) is 12.1 Å². The van der Waals surface area contributed by atoms with Crippen molar-refractivity contribution < 1.29 is 9.18 Å². The lowest BCUT2D eigenvalue weighted by atomic mass is 9.83. The van der Waals surface area contributed by atoms with Crippen molar-refractivity contribution in [3.05, 3.63) is 71.5 Å². The van der Waals surface area contributed by atoms with Crippen molar-refractivity contribution in [3.8, 4) is 12.1 Å². The fraction of sp³-hybridized carbons (Fsp3) is 0.167. The summed E-state index contributed by atoms with van der Waals surface area (Å²) in [5, 5.41) is 18.3. The van der Waals surface area contributed by atoms with Gasteiger partial charge in [0.2, 0.25) is 0 Å². The molecule has 0 amide bonds. The number of rotatable bonds is 5. The Morgan fingerprint density at radius 1 is 1.00 bits per heavy atom. The number of Topliss-reactive ketones (excluding diaryl/α,β-unsaturated/α-hetero) is 1. The van der Waals surface area contributed by atoms with E-state index in [1.807, 2.05) is 18.2 Å². The molecule has 4 heteroatoms. The summed E-state index contributed by atoms with van der Waals surface area (Å²) < 4.78 is 12.9. The van der Waals surface area contributed by atoms with Gasteiger partial charge in [0.1, 0.15) is 11.7 Å². The quantitative estimate of drug-likeness (QED) is 0.786. The summed E-state index contributed by atoms with van der Waals surface area (Å²) in [6.45, 7) is 0. The third kappa shape index (κ3) is 3.56. The van der Waals surface area contributed by atoms with E-state index < -0.39 is 17.7 Å². The van der Waals surface area contributed by atoms with Crippen molar-refractivity contribution in [2.45, 2.75) is 12.3 Å². The molecular formula is C18H13FN2O. The molecule has 22 heavy (non-hydrogen) atoms. The Balaban J connectivity index is 2.27. The van der Waals surface area contributed by atoms with Gasteiger partial charge in [0.25, 0.3) is 0 Å². The van der Waals surface area contributed by atoms with E-state index in [0.717, 1.165) is 5.56 Å². The van der Waals surface area contributed by atoms with Crippen LogP contribution in [0.25, 0.3) is 0 Å². The first-order valence-corrected chi connectivity index (χ1v) is 6.78. The van der Waals surface area contributed by atoms with E-state index >= 15 is 0 Å². The van der Waals surface area contributed by atoms with Gasteiger partial charge >= 0.3 is 0 Å². The maximum absolute atomic E-state index is 12.9. The van der Waals surface area contributed by atoms with Crippen LogP contribution in [0.3, 0.4) is 0 Å². The molecule has 0 aliphatic carbocycles. The summed E-state index contributed by atoms with van der Waals surface area (Å²) in [7, 11) is 0. The van der Waals surface area contributed by atoms with E-state index in [4.69, 9.17) is 10.5 Å². The van der Waals surface area contributed by atoms with Gasteiger partial charge in [0.15, 0.2) is 5.78 Å². The van der Waals surface area contributed by atoms with Gasteiger partial charge in [0, 0.05) is 17.9 Å². The summed E-state index contributed by atoms with van der Waals surface area (Å²) in [5.74, 6) is -2.05. The molecule has 0 saturated heterocycles. The smallest absolute Gasteiger partial charge is 0.163 e. The summed E-state index contributed by atoms with van der Waals surface area (Å²) in [5.41, 5.74) is 1.14. The first-order chi connectivity index (χ1) is 10.7. The minimum absolute atomic E-state index is 0.0292. The molecule has 0 unspecified atom stereocenters. The van der Waals surface area contributed by atoms with Gasteiger partial charge in [-0.3, -0.25) is 4.79 Å². The van der Waals surface area contributed by atoms with Gasteiger partial charge < -0.3 is 0 Å². The Kier molecular flexibility index (Phi) is 5.01. The van der Waals surface area contributed by atoms with Gasteiger partial charge in [-0.05, 0) is 29.8 Å². The van der Waals surface area contributed by atoms with Crippen LogP contribution >= 0.6 is 0 Å². The Labute approximate surface area is 128 Å². The first kappa shape index (κ1) is 15.4. The molecule has 0 bridgehead atoms. The SMILES string of the molecule is N#CC(C#N)[C@H](CC(=O)c1ccc(F)cc1)c1ccccc1. The molecular weight excluding hydrogens is 279 g/mol. The Bertz CT molecular complexity index is 712. The number of carbonyl (C=O) groups excluding carboxylic acids is 1. The Morgan fingerprint density at radius 2 is 1.59 bits per heavy atom. The number of halogens is 1. The molecule has 1 atom stereocenters. The van der Waals surface area contributed by atoms with Crippen molar-refractivity contribution in [2.24, 2.45) is 5.92 Å². The third-order valence-electron chi connectivity index (χ3n) is 3.48. The zero-order valence-corrected chi connectivity index (χ0v) is 11.7. The molecule has 2 rings (SSSR count). The topological polar surface area (TPSA) is 64.7 Å². The van der Waals surface area contributed by atoms with Crippen LogP contribution in [0.15, 0.2) is 54.6 Å². The standard InChI is InChI=1S/C18H13FN2O/c19-16-8-6-14(7-9-16)18(22)10-17(15(11-20)12-21)13-4-2-1-3-5-13/h1-9,15,17H,10H2/t17-/m1/s1. The Hall–Kier alpha value is -2.98. The second-order valence-corrected chi connectivity index (χ2v) is 4.89. The molecule has 0 N–H and O–H groups in total. The highest BCUT2D eigenvalue weighted by Crippen LogP contribution is 2.29. The highest BCUT2D eigenvalue weighted by atomic mass is 19.1. The minimum Gasteiger partial charge on any atom is -0.294 e. The number of nitrogens with zero attached hydrogens (tertiary/aromatic N) is 2. The monoisotopic (exact) mass is 292 g/mol. The highest BCUT2D eigenvalue weighted by Gasteiger charge is 2.26. The maximum Gasteiger partial charge on any atom is 0.163 e. The van der Waals surface area contributed by atoms with E-state index in [0.29, 0.717) is 5.56 Å². The van der Waals surface area contributed by atoms with Crippen LogP contribution in [-0.4, -0.2) is 5.78 Å². The molecule has 0 aromatic heterocycles. The van der Waals surface area contributed by atoms with Gasteiger partial charge in [-0.2, -0.15) is 10.5 Å². The second-order valence-electron chi connectivity index (χ2n) is 4.89. The van der Waals surface area contributed by atoms with Gasteiger partial charge in [-0.1, -0.05) is 30.3 Å². The molecule has 108 valence electrons. The Morgan fingerprint density at radius 3 is 2.14 bits per heavy atom. The highest BCUT2D eigenvalue weighted by molar-refractivity contribution is 5.96. The molecule has 0 fully saturated rings. The zero-order valence-electron chi connectivity index (χ0n) is 11.7. The number of hydrogen-bond acceptors (Lipinski definition) is 3. The molecule has 0 aliphatic heterocycles. The zero-order chi connectivity index (χ0) is 15.9. The molecule has 2 aromatic carbocycles. The normalized spacial score (nSPS) is 11.5. The third-order valence-corrected chi connectivity index (χ3v) is 3.48. The van der Waals surface area contributed by atoms with Crippen LogP contribution in [0.2, 0.25) is 0 Å². The lowest BCUT2D eigenvalue weighted by Gasteiger charge is -2.17. The van der Waals surface area contributed by atoms with Crippen LogP contribution < -0.4 is 0 Å². The second kappa shape index (κ2) is 7.15. The van der Waals surface area contributed by atoms with Crippen molar-refractivity contribution in [3.63, 3.8) is 0 Å². The average molecular weight is 292 g/mol. The summed E-state index contributed by atoms with van der Waals surface area (Å²) in [6.07, 6.45) is 0.0292. The number of carbonyl (C=O) groups is 1. The predicted molar refractivity (Wildman–Crippen MR) is 79.2 cm³/mol. The van der Waals surface area contributed by atoms with Crippen LogP contribution in [0.5, 0.6) is 0 Å². The molecule has 0 saturated carbocycles. The predicted octanol–water partition coefficient (Wildman–Crippen LogP) is 3.85. The fourth-order valence-electron chi connectivity index (χ4n) is 2.29. The van der Waals surface area contributed by atoms with Crippen molar-refractivity contribution in [1.82, 2.24) is 0 Å². The molecule has 0 spiro atoms. The number of benzene rings is 2. The van der Waals surface area contributed by atoms with Gasteiger partial charge in [-0.25, -0.2) is 4.39 Å². The van der Waals surface area contributed by atoms with E-state index in [1.54, 1.807) is 24.3 Å². The summed E-state index contributed by atoms with van der Waals surface area (Å²) in [6, 6.07) is 18.2. The minimum atomic E-state index is -0.910. The van der Waals surface area contributed by atoms with E-state index in [1.165, 1.54) is 24.3 Å². The lowest BCUT2D eigenvalue weighted by molar-refractivity contribution is 0.0971. The van der Waals surface area contributed by atoms with Crippen LogP contribution in [0.4, 0.5) is 4.39 Å². The molecule has 2 aromatic rings. The number of nitriles is 2. The van der Waals surface area contributed by atoms with E-state index in [9.17, 15) is 9.18 Å². The number of ketones is 1. The van der Waals surface area contributed by atoms with Crippen molar-refractivity contribution >= 4 is 5.78 Å². The van der Waals surface area contributed by atoms with Crippen molar-refractivity contribution in [2.75, 3.05) is 0 Å². The molecule has 0 radical (unpaired) electrons. The molecule has 3 nitrogen and oxygen atoms in total. The van der Waals surface area contributed by atoms with Crippen molar-refractivity contribution in [1.29, 1.82) is 10.5 Å². The summed E-state index contributed by atoms with van der Waals surface area (Å²) >= 11 is 0. The van der Waals surface area contributed by atoms with Crippen LogP contribution in [0.1, 0.15) is 28.3 Å². The van der Waals surface area contributed by atoms with Crippen LogP contribution in [-0.2, 0) is 0 Å². The molecule has 0 aliphatic rings. The van der Waals surface area contributed by atoms with E-state index in [-0.39, 0.29) is 12.2 Å². The lowest BCUT2D eigenvalue weighted by Crippen LogP contribution is -2.15. The average Bonchev–Trinajstić information content (AvgIpc) is 2.56. The maximum atomic E-state index is 12.9. The summed E-state index contributed by atoms with van der Waals surface area (Å²) in [4.78, 5) is 12.3. The van der Waals surface area contributed by atoms with Gasteiger partial charge in [-0.15, -0.1) is 0 Å². The largest absolute Gasteiger partial charge is 0.294 e. The number of hydrogen-bond donors (Lipinski definition) is 0. The van der Waals surface area contributed by atoms with E-state index in [2.05, 4.69) is 0 Å². The fourth-order valence-corrected chi connectivity index (χ4v) is 2.29.